The van der Waals surface area contributed by atoms with Crippen LogP contribution in [0.25, 0.3) is 11.6 Å². The van der Waals surface area contributed by atoms with Gasteiger partial charge in [-0.05, 0) is 83.9 Å². The molecule has 0 saturated heterocycles. The number of esters is 1. The lowest BCUT2D eigenvalue weighted by Crippen LogP contribution is -2.55. The van der Waals surface area contributed by atoms with Crippen molar-refractivity contribution in [2.75, 3.05) is 0 Å². The summed E-state index contributed by atoms with van der Waals surface area (Å²) in [7, 11) is 0. The van der Waals surface area contributed by atoms with E-state index in [0.717, 1.165) is 72.9 Å². The number of aromatic nitrogens is 1. The average molecular weight is 718 g/mol. The first-order chi connectivity index (χ1) is 26.0. The van der Waals surface area contributed by atoms with Gasteiger partial charge in [0.25, 0.3) is 0 Å². The predicted molar refractivity (Wildman–Crippen MR) is 218 cm³/mol. The molecule has 4 aromatic carbocycles. The smallest absolute Gasteiger partial charge is 0.490 e. The van der Waals surface area contributed by atoms with E-state index in [-0.39, 0.29) is 13.0 Å². The van der Waals surface area contributed by atoms with Crippen LogP contribution in [0, 0.1) is 13.8 Å². The Labute approximate surface area is 318 Å². The van der Waals surface area contributed by atoms with Crippen LogP contribution in [0.1, 0.15) is 80.0 Å². The van der Waals surface area contributed by atoms with Gasteiger partial charge in [0.05, 0.1) is 34.6 Å². The number of para-hydroxylation sites is 2. The molecule has 2 aliphatic rings. The molecular weight excluding hydrogens is 671 g/mol. The van der Waals surface area contributed by atoms with Gasteiger partial charge in [-0.15, -0.1) is 0 Å². The highest BCUT2D eigenvalue weighted by atomic mass is 16.5. The quantitative estimate of drug-likeness (QED) is 0.0908. The van der Waals surface area contributed by atoms with Crippen LogP contribution in [-0.4, -0.2) is 45.3 Å². The van der Waals surface area contributed by atoms with Gasteiger partial charge in [0, 0.05) is 40.7 Å². The molecule has 0 amide bonds. The monoisotopic (exact) mass is 717 g/mol. The summed E-state index contributed by atoms with van der Waals surface area (Å²) in [6, 6.07) is 32.0. The van der Waals surface area contributed by atoms with Crippen molar-refractivity contribution in [2.24, 2.45) is 0 Å². The number of nitrogens with zero attached hydrogens (tertiary/aromatic N) is 1. The molecule has 1 unspecified atom stereocenters. The molecule has 0 radical (unpaired) electrons. The van der Waals surface area contributed by atoms with Crippen LogP contribution in [0.15, 0.2) is 120 Å². The summed E-state index contributed by atoms with van der Waals surface area (Å²) in [5.74, 6) is 2.16. The van der Waals surface area contributed by atoms with E-state index in [1.807, 2.05) is 114 Å². The highest BCUT2D eigenvalue weighted by Gasteiger charge is 2.51. The molecular formula is C46H46BN2O5+. The maximum Gasteiger partial charge on any atom is 0.567 e. The van der Waals surface area contributed by atoms with E-state index in [1.165, 1.54) is 0 Å². The largest absolute Gasteiger partial charge is 0.567 e. The topological polar surface area (TPSA) is 83.8 Å². The highest BCUT2D eigenvalue weighted by molar-refractivity contribution is 6.81. The minimum atomic E-state index is -0.729. The number of aliphatic hydroxyl groups excluding tert-OH is 1. The number of carbonyl (C=O) groups excluding carboxylic acids is 1. The second-order valence-electron chi connectivity index (χ2n) is 14.2. The fourth-order valence-electron chi connectivity index (χ4n) is 8.01. The van der Waals surface area contributed by atoms with Crippen molar-refractivity contribution in [1.82, 2.24) is 4.98 Å². The molecule has 272 valence electrons. The zero-order valence-corrected chi connectivity index (χ0v) is 32.2. The summed E-state index contributed by atoms with van der Waals surface area (Å²) in [6.07, 6.45) is 3.14. The SMILES string of the molecule is C/C=C\c1ccc(OC(=O)c2c(C)[nH]c(/C(=C3/C(C)=C(C(C)O)C(C)=[N+]3B3c4ccccc4Oc4ccccc43)c3ccccc3)c2C)cc1OC(C)C. The number of hydrogen-bond donors (Lipinski definition) is 2. The van der Waals surface area contributed by atoms with Crippen molar-refractivity contribution < 1.29 is 28.6 Å². The Morgan fingerprint density at radius 2 is 1.50 bits per heavy atom. The van der Waals surface area contributed by atoms with Crippen LogP contribution in [0.3, 0.4) is 0 Å². The van der Waals surface area contributed by atoms with Gasteiger partial charge in [-0.1, -0.05) is 78.9 Å². The maximum atomic E-state index is 14.2. The number of rotatable bonds is 9. The molecule has 5 aromatic rings. The van der Waals surface area contributed by atoms with Crippen molar-refractivity contribution in [3.63, 3.8) is 0 Å². The Morgan fingerprint density at radius 3 is 2.11 bits per heavy atom. The van der Waals surface area contributed by atoms with Crippen LogP contribution >= 0.6 is 0 Å². The van der Waals surface area contributed by atoms with Crippen molar-refractivity contribution in [3.8, 4) is 23.0 Å². The van der Waals surface area contributed by atoms with Crippen LogP contribution in [0.5, 0.6) is 23.0 Å². The molecule has 0 fully saturated rings. The van der Waals surface area contributed by atoms with Crippen molar-refractivity contribution in [1.29, 1.82) is 0 Å². The van der Waals surface area contributed by atoms with E-state index in [2.05, 4.69) is 47.6 Å². The molecule has 0 aliphatic carbocycles. The van der Waals surface area contributed by atoms with Crippen molar-refractivity contribution in [2.45, 2.75) is 67.6 Å². The normalized spacial score (nSPS) is 15.4. The number of hydrogen-bond acceptors (Lipinski definition) is 5. The molecule has 8 heteroatoms. The van der Waals surface area contributed by atoms with Gasteiger partial charge in [-0.25, -0.2) is 4.79 Å². The van der Waals surface area contributed by atoms with Crippen LogP contribution < -0.4 is 25.1 Å². The van der Waals surface area contributed by atoms with E-state index >= 15 is 0 Å². The summed E-state index contributed by atoms with van der Waals surface area (Å²) in [5, 5.41) is 11.3. The lowest BCUT2D eigenvalue weighted by molar-refractivity contribution is -0.315. The Balaban J connectivity index is 1.44. The first-order valence-electron chi connectivity index (χ1n) is 18.5. The Bertz CT molecular complexity index is 2350. The Morgan fingerprint density at radius 1 is 0.870 bits per heavy atom. The molecule has 0 saturated carbocycles. The first kappa shape index (κ1) is 36.5. The number of H-pyrrole nitrogens is 1. The van der Waals surface area contributed by atoms with Gasteiger partial charge in [0.1, 0.15) is 23.0 Å². The molecule has 0 spiro atoms. The number of nitrogens with one attached hydrogen (secondary N) is 1. The van der Waals surface area contributed by atoms with E-state index in [4.69, 9.17) is 14.2 Å². The van der Waals surface area contributed by atoms with Gasteiger partial charge in [0.2, 0.25) is 0 Å². The third-order valence-corrected chi connectivity index (χ3v) is 10.2. The second kappa shape index (κ2) is 14.9. The number of carbonyl (C=O) groups is 1. The number of allylic oxidation sites excluding steroid dienone is 2. The Kier molecular flexibility index (Phi) is 10.1. The Hall–Kier alpha value is -5.86. The number of benzene rings is 4. The number of aromatic amines is 1. The van der Waals surface area contributed by atoms with Crippen LogP contribution in [0.4, 0.5) is 0 Å². The maximum absolute atomic E-state index is 14.2. The van der Waals surface area contributed by atoms with Gasteiger partial charge in [-0.2, -0.15) is 0 Å². The number of aryl methyl sites for hydroxylation is 1. The third-order valence-electron chi connectivity index (χ3n) is 10.2. The van der Waals surface area contributed by atoms with E-state index in [9.17, 15) is 9.90 Å². The molecule has 0 bridgehead atoms. The van der Waals surface area contributed by atoms with E-state index in [0.29, 0.717) is 22.8 Å². The lowest BCUT2D eigenvalue weighted by atomic mass is 9.48. The minimum Gasteiger partial charge on any atom is -0.490 e. The van der Waals surface area contributed by atoms with E-state index in [1.54, 1.807) is 12.1 Å². The predicted octanol–water partition coefficient (Wildman–Crippen LogP) is 8.53. The number of ether oxygens (including phenoxy) is 3. The van der Waals surface area contributed by atoms with Crippen LogP contribution in [0.2, 0.25) is 0 Å². The molecule has 2 N–H and O–H groups in total. The summed E-state index contributed by atoms with van der Waals surface area (Å²) < 4.78 is 20.9. The first-order valence-corrected chi connectivity index (χ1v) is 18.5. The molecule has 2 aliphatic heterocycles. The average Bonchev–Trinajstić information content (AvgIpc) is 3.58. The summed E-state index contributed by atoms with van der Waals surface area (Å²) in [5.41, 5.74) is 11.2. The van der Waals surface area contributed by atoms with Gasteiger partial charge >= 0.3 is 12.8 Å². The minimum absolute atomic E-state index is 0.0490. The van der Waals surface area contributed by atoms with Gasteiger partial charge in [0.15, 0.2) is 11.4 Å². The third kappa shape index (κ3) is 6.52. The standard InChI is InChI=1S/C46H45BN2O5/c1-9-17-33-24-25-35(26-40(33)52-27(2)3)53-46(51)41-28(4)44(48-30(41)6)43(34-18-11-10-12-19-34)45-29(5)42(32(8)50)31(7)49(45)47-36-20-13-15-22-38(36)54-39-23-16-14-21-37(39)47/h9-27,32,50H,1-8H3/p+1/b17-9-. The molecule has 7 nitrogen and oxygen atoms in total. The lowest BCUT2D eigenvalue weighted by Gasteiger charge is -2.24. The van der Waals surface area contributed by atoms with Crippen molar-refractivity contribution in [3.05, 3.63) is 154 Å². The molecule has 1 atom stereocenters. The van der Waals surface area contributed by atoms with Gasteiger partial charge in [-0.3, -0.25) is 4.49 Å². The molecule has 54 heavy (non-hydrogen) atoms. The summed E-state index contributed by atoms with van der Waals surface area (Å²) in [6.45, 7) is 15.5. The number of aliphatic hydroxyl groups is 1. The van der Waals surface area contributed by atoms with Crippen molar-refractivity contribution >= 4 is 41.1 Å². The summed E-state index contributed by atoms with van der Waals surface area (Å²) >= 11 is 0. The number of fused-ring (bicyclic) bond motifs is 2. The van der Waals surface area contributed by atoms with E-state index < -0.39 is 12.1 Å². The molecule has 3 heterocycles. The molecule has 1 aromatic heterocycles. The molecule has 7 rings (SSSR count). The zero-order chi connectivity index (χ0) is 38.3. The fourth-order valence-corrected chi connectivity index (χ4v) is 8.01. The second-order valence-corrected chi connectivity index (χ2v) is 14.2. The van der Waals surface area contributed by atoms with Crippen LogP contribution in [-0.2, 0) is 0 Å². The highest BCUT2D eigenvalue weighted by Crippen LogP contribution is 2.40. The van der Waals surface area contributed by atoms with Gasteiger partial charge < -0.3 is 24.3 Å². The fraction of sp³-hybridized carbons (Fsp3) is 0.217. The summed E-state index contributed by atoms with van der Waals surface area (Å²) in [4.78, 5) is 17.8. The zero-order valence-electron chi connectivity index (χ0n) is 32.2.